The van der Waals surface area contributed by atoms with E-state index in [-0.39, 0.29) is 17.4 Å². The summed E-state index contributed by atoms with van der Waals surface area (Å²) in [4.78, 5) is 11.6. The summed E-state index contributed by atoms with van der Waals surface area (Å²) in [7, 11) is 0. The lowest BCUT2D eigenvalue weighted by Crippen LogP contribution is -2.42. The molecule has 0 bridgehead atoms. The van der Waals surface area contributed by atoms with Crippen molar-refractivity contribution in [3.8, 4) is 0 Å². The molecule has 1 unspecified atom stereocenters. The molecule has 1 amide bonds. The second kappa shape index (κ2) is 7.44. The predicted octanol–water partition coefficient (Wildman–Crippen LogP) is 2.86. The zero-order chi connectivity index (χ0) is 15.2. The third-order valence-corrected chi connectivity index (χ3v) is 3.43. The fourth-order valence-corrected chi connectivity index (χ4v) is 2.48. The Labute approximate surface area is 123 Å². The van der Waals surface area contributed by atoms with Gasteiger partial charge in [0.25, 0.3) is 0 Å². The lowest BCUT2D eigenvalue weighted by molar-refractivity contribution is -0.120. The SMILES string of the molecule is CC(C)NC(=O)CNC(C)CC(C)(C)c1ccccc1. The normalized spacial score (nSPS) is 13.3. The average Bonchev–Trinajstić information content (AvgIpc) is 2.36. The first-order valence-corrected chi connectivity index (χ1v) is 7.39. The highest BCUT2D eigenvalue weighted by atomic mass is 16.1. The van der Waals surface area contributed by atoms with Gasteiger partial charge in [-0.1, -0.05) is 44.2 Å². The monoisotopic (exact) mass is 276 g/mol. The number of hydrogen-bond acceptors (Lipinski definition) is 2. The van der Waals surface area contributed by atoms with E-state index < -0.39 is 0 Å². The molecule has 0 fully saturated rings. The molecule has 0 aliphatic carbocycles. The molecule has 1 atom stereocenters. The minimum absolute atomic E-state index is 0.0596. The molecule has 0 heterocycles. The van der Waals surface area contributed by atoms with Gasteiger partial charge in [0.2, 0.25) is 5.91 Å². The van der Waals surface area contributed by atoms with Crippen molar-refractivity contribution in [2.24, 2.45) is 0 Å². The number of rotatable bonds is 7. The minimum atomic E-state index is 0.0596. The van der Waals surface area contributed by atoms with Gasteiger partial charge in [0.05, 0.1) is 6.54 Å². The molecular formula is C17H28N2O. The molecule has 20 heavy (non-hydrogen) atoms. The molecule has 0 saturated carbocycles. The molecule has 2 N–H and O–H groups in total. The molecule has 0 spiro atoms. The topological polar surface area (TPSA) is 41.1 Å². The molecule has 1 rings (SSSR count). The Kier molecular flexibility index (Phi) is 6.21. The molecule has 0 saturated heterocycles. The van der Waals surface area contributed by atoms with Gasteiger partial charge in [0.15, 0.2) is 0 Å². The zero-order valence-corrected chi connectivity index (χ0v) is 13.4. The fraction of sp³-hybridized carbons (Fsp3) is 0.588. The van der Waals surface area contributed by atoms with Crippen LogP contribution in [0.2, 0.25) is 0 Å². The second-order valence-corrected chi connectivity index (χ2v) is 6.46. The van der Waals surface area contributed by atoms with Gasteiger partial charge >= 0.3 is 0 Å². The largest absolute Gasteiger partial charge is 0.353 e. The maximum Gasteiger partial charge on any atom is 0.234 e. The van der Waals surface area contributed by atoms with Crippen LogP contribution in [0.4, 0.5) is 0 Å². The van der Waals surface area contributed by atoms with Crippen molar-refractivity contribution in [3.63, 3.8) is 0 Å². The van der Waals surface area contributed by atoms with Crippen LogP contribution in [-0.4, -0.2) is 24.5 Å². The van der Waals surface area contributed by atoms with Crippen molar-refractivity contribution in [1.29, 1.82) is 0 Å². The van der Waals surface area contributed by atoms with Gasteiger partial charge in [-0.3, -0.25) is 4.79 Å². The smallest absolute Gasteiger partial charge is 0.234 e. The molecule has 3 heteroatoms. The summed E-state index contributed by atoms with van der Waals surface area (Å²) in [5, 5.41) is 6.19. The van der Waals surface area contributed by atoms with Crippen LogP contribution in [0.25, 0.3) is 0 Å². The van der Waals surface area contributed by atoms with Crippen LogP contribution in [0.15, 0.2) is 30.3 Å². The molecule has 1 aromatic rings. The van der Waals surface area contributed by atoms with Crippen LogP contribution in [0, 0.1) is 0 Å². The van der Waals surface area contributed by atoms with E-state index in [0.29, 0.717) is 12.6 Å². The Balaban J connectivity index is 2.45. The Hall–Kier alpha value is -1.35. The van der Waals surface area contributed by atoms with E-state index in [9.17, 15) is 4.79 Å². The van der Waals surface area contributed by atoms with Crippen LogP contribution >= 0.6 is 0 Å². The number of carbonyl (C=O) groups excluding carboxylic acids is 1. The number of carbonyl (C=O) groups is 1. The summed E-state index contributed by atoms with van der Waals surface area (Å²) in [5.41, 5.74) is 1.43. The van der Waals surface area contributed by atoms with E-state index in [2.05, 4.69) is 55.7 Å². The van der Waals surface area contributed by atoms with Crippen molar-refractivity contribution < 1.29 is 4.79 Å². The fourth-order valence-electron chi connectivity index (χ4n) is 2.48. The Morgan fingerprint density at radius 2 is 1.75 bits per heavy atom. The van der Waals surface area contributed by atoms with Gasteiger partial charge < -0.3 is 10.6 Å². The van der Waals surface area contributed by atoms with Crippen LogP contribution in [0.1, 0.15) is 46.6 Å². The molecule has 0 aliphatic rings. The molecule has 0 radical (unpaired) electrons. The third kappa shape index (κ3) is 5.74. The first-order chi connectivity index (χ1) is 9.31. The Morgan fingerprint density at radius 1 is 1.15 bits per heavy atom. The van der Waals surface area contributed by atoms with Gasteiger partial charge in [0, 0.05) is 12.1 Å². The number of nitrogens with one attached hydrogen (secondary N) is 2. The van der Waals surface area contributed by atoms with Gasteiger partial charge in [-0.05, 0) is 38.2 Å². The van der Waals surface area contributed by atoms with E-state index in [0.717, 1.165) is 6.42 Å². The number of amides is 1. The number of benzene rings is 1. The third-order valence-electron chi connectivity index (χ3n) is 3.43. The summed E-state index contributed by atoms with van der Waals surface area (Å²) >= 11 is 0. The second-order valence-electron chi connectivity index (χ2n) is 6.46. The van der Waals surface area contributed by atoms with E-state index in [1.807, 2.05) is 19.9 Å². The van der Waals surface area contributed by atoms with Gasteiger partial charge in [-0.25, -0.2) is 0 Å². The van der Waals surface area contributed by atoms with Gasteiger partial charge in [0.1, 0.15) is 0 Å². The summed E-state index contributed by atoms with van der Waals surface area (Å²) in [6.45, 7) is 10.9. The summed E-state index contributed by atoms with van der Waals surface area (Å²) < 4.78 is 0. The molecule has 112 valence electrons. The van der Waals surface area contributed by atoms with Gasteiger partial charge in [-0.15, -0.1) is 0 Å². The Bertz CT molecular complexity index is 412. The maximum atomic E-state index is 11.6. The van der Waals surface area contributed by atoms with E-state index in [4.69, 9.17) is 0 Å². The quantitative estimate of drug-likeness (QED) is 0.804. The van der Waals surface area contributed by atoms with Crippen LogP contribution < -0.4 is 10.6 Å². The van der Waals surface area contributed by atoms with E-state index in [1.54, 1.807) is 0 Å². The van der Waals surface area contributed by atoms with Crippen molar-refractivity contribution >= 4 is 5.91 Å². The van der Waals surface area contributed by atoms with Crippen LogP contribution in [0.5, 0.6) is 0 Å². The summed E-state index contributed by atoms with van der Waals surface area (Å²) in [6, 6.07) is 11.0. The van der Waals surface area contributed by atoms with E-state index in [1.165, 1.54) is 5.56 Å². The predicted molar refractivity (Wildman–Crippen MR) is 84.8 cm³/mol. The summed E-state index contributed by atoms with van der Waals surface area (Å²) in [5.74, 6) is 0.0596. The van der Waals surface area contributed by atoms with Crippen LogP contribution in [-0.2, 0) is 10.2 Å². The molecule has 1 aromatic carbocycles. The summed E-state index contributed by atoms with van der Waals surface area (Å²) in [6.07, 6.45) is 0.992. The van der Waals surface area contributed by atoms with Crippen molar-refractivity contribution in [2.75, 3.05) is 6.54 Å². The van der Waals surface area contributed by atoms with Crippen LogP contribution in [0.3, 0.4) is 0 Å². The average molecular weight is 276 g/mol. The highest BCUT2D eigenvalue weighted by Crippen LogP contribution is 2.27. The van der Waals surface area contributed by atoms with Crippen molar-refractivity contribution in [1.82, 2.24) is 10.6 Å². The molecule has 0 aliphatic heterocycles. The first kappa shape index (κ1) is 16.7. The Morgan fingerprint density at radius 3 is 2.30 bits per heavy atom. The standard InChI is InChI=1S/C17H28N2O/c1-13(2)19-16(20)12-18-14(3)11-17(4,5)15-9-7-6-8-10-15/h6-10,13-14,18H,11-12H2,1-5H3,(H,19,20). The molecule has 0 aromatic heterocycles. The van der Waals surface area contributed by atoms with Crippen molar-refractivity contribution in [3.05, 3.63) is 35.9 Å². The zero-order valence-electron chi connectivity index (χ0n) is 13.4. The molecule has 3 nitrogen and oxygen atoms in total. The number of hydrogen-bond donors (Lipinski definition) is 2. The van der Waals surface area contributed by atoms with Crippen molar-refractivity contribution in [2.45, 2.75) is 58.5 Å². The molecular weight excluding hydrogens is 248 g/mol. The highest BCUT2D eigenvalue weighted by Gasteiger charge is 2.23. The lowest BCUT2D eigenvalue weighted by atomic mass is 9.79. The highest BCUT2D eigenvalue weighted by molar-refractivity contribution is 5.78. The first-order valence-electron chi connectivity index (χ1n) is 7.39. The van der Waals surface area contributed by atoms with Gasteiger partial charge in [-0.2, -0.15) is 0 Å². The maximum absolute atomic E-state index is 11.6. The van der Waals surface area contributed by atoms with E-state index >= 15 is 0 Å². The lowest BCUT2D eigenvalue weighted by Gasteiger charge is -2.29. The minimum Gasteiger partial charge on any atom is -0.353 e.